The second kappa shape index (κ2) is 7.93. The van der Waals surface area contributed by atoms with Crippen molar-refractivity contribution in [1.29, 1.82) is 0 Å². The fourth-order valence-corrected chi connectivity index (χ4v) is 5.75. The summed E-state index contributed by atoms with van der Waals surface area (Å²) in [5.74, 6) is -1.04. The Bertz CT molecular complexity index is 1000. The van der Waals surface area contributed by atoms with Gasteiger partial charge in [-0.3, -0.25) is 4.57 Å². The van der Waals surface area contributed by atoms with E-state index in [4.69, 9.17) is 14.2 Å². The number of carbonyl (C=O) groups is 1. The molecule has 2 aromatic rings. The first kappa shape index (κ1) is 20.3. The van der Waals surface area contributed by atoms with Crippen molar-refractivity contribution in [2.75, 3.05) is 5.32 Å². The topological polar surface area (TPSA) is 121 Å². The van der Waals surface area contributed by atoms with Crippen molar-refractivity contribution in [3.8, 4) is 0 Å². The molecule has 2 aromatic heterocycles. The Morgan fingerprint density at radius 3 is 2.56 bits per heavy atom. The van der Waals surface area contributed by atoms with Crippen LogP contribution in [0.25, 0.3) is 11.2 Å². The van der Waals surface area contributed by atoms with E-state index in [9.17, 15) is 9.90 Å². The molecule has 4 heterocycles. The van der Waals surface area contributed by atoms with Crippen LogP contribution in [-0.4, -0.2) is 60.7 Å². The van der Waals surface area contributed by atoms with E-state index in [0.29, 0.717) is 23.0 Å². The summed E-state index contributed by atoms with van der Waals surface area (Å²) in [5.41, 5.74) is 1.25. The van der Waals surface area contributed by atoms with Gasteiger partial charge in [-0.25, -0.2) is 19.7 Å². The van der Waals surface area contributed by atoms with Gasteiger partial charge in [-0.05, 0) is 25.7 Å². The Morgan fingerprint density at radius 2 is 1.78 bits per heavy atom. The molecule has 2 saturated carbocycles. The minimum absolute atomic E-state index is 0.383. The SMILES string of the molecule is O=C(O)[C@H]1O[C@@H](n2cnc3c(NC4CCCCC4)ncnc32)[C@H]2OC3(CCCCC3)OC12. The number of fused-ring (bicyclic) bond motifs is 2. The zero-order valence-electron chi connectivity index (χ0n) is 18.0. The lowest BCUT2D eigenvalue weighted by molar-refractivity contribution is -0.231. The highest BCUT2D eigenvalue weighted by Gasteiger charge is 2.61. The predicted octanol–water partition coefficient (Wildman–Crippen LogP) is 3.00. The number of anilines is 1. The number of rotatable bonds is 4. The summed E-state index contributed by atoms with van der Waals surface area (Å²) in [5, 5.41) is 13.3. The summed E-state index contributed by atoms with van der Waals surface area (Å²) in [6.45, 7) is 0. The van der Waals surface area contributed by atoms with Gasteiger partial charge >= 0.3 is 5.97 Å². The first-order chi connectivity index (χ1) is 15.6. The van der Waals surface area contributed by atoms with Gasteiger partial charge in [0, 0.05) is 18.9 Å². The van der Waals surface area contributed by atoms with Crippen LogP contribution >= 0.6 is 0 Å². The average Bonchev–Trinajstić information content (AvgIpc) is 3.47. The summed E-state index contributed by atoms with van der Waals surface area (Å²) < 4.78 is 20.4. The minimum atomic E-state index is -1.09. The van der Waals surface area contributed by atoms with E-state index in [2.05, 4.69) is 20.3 Å². The van der Waals surface area contributed by atoms with E-state index in [1.165, 1.54) is 25.6 Å². The molecule has 2 aliphatic heterocycles. The maximum atomic E-state index is 11.9. The normalized spacial score (nSPS) is 32.4. The molecule has 2 N–H and O–H groups in total. The van der Waals surface area contributed by atoms with Crippen molar-refractivity contribution >= 4 is 23.0 Å². The summed E-state index contributed by atoms with van der Waals surface area (Å²) >= 11 is 0. The number of carboxylic acids is 1. The van der Waals surface area contributed by atoms with Crippen molar-refractivity contribution in [2.24, 2.45) is 0 Å². The van der Waals surface area contributed by atoms with Gasteiger partial charge in [0.1, 0.15) is 18.5 Å². The van der Waals surface area contributed by atoms with E-state index < -0.39 is 36.3 Å². The smallest absolute Gasteiger partial charge is 0.335 e. The number of ether oxygens (including phenoxy) is 3. The molecule has 10 nitrogen and oxygen atoms in total. The van der Waals surface area contributed by atoms with Gasteiger partial charge in [0.2, 0.25) is 0 Å². The zero-order valence-corrected chi connectivity index (χ0v) is 18.0. The molecule has 1 unspecified atom stereocenters. The largest absolute Gasteiger partial charge is 0.479 e. The highest BCUT2D eigenvalue weighted by molar-refractivity contribution is 5.83. The van der Waals surface area contributed by atoms with Crippen LogP contribution in [0.2, 0.25) is 0 Å². The molecule has 0 bridgehead atoms. The third kappa shape index (κ3) is 3.36. The maximum Gasteiger partial charge on any atom is 0.335 e. The van der Waals surface area contributed by atoms with Gasteiger partial charge in [0.15, 0.2) is 35.1 Å². The second-order valence-electron chi connectivity index (χ2n) is 9.45. The maximum absolute atomic E-state index is 11.9. The first-order valence-corrected chi connectivity index (χ1v) is 11.8. The number of imidazole rings is 1. The van der Waals surface area contributed by atoms with E-state index in [1.807, 2.05) is 0 Å². The monoisotopic (exact) mass is 443 g/mol. The molecule has 4 fully saturated rings. The number of nitrogens with one attached hydrogen (secondary N) is 1. The van der Waals surface area contributed by atoms with E-state index in [-0.39, 0.29) is 0 Å². The third-order valence-corrected chi connectivity index (χ3v) is 7.33. The van der Waals surface area contributed by atoms with Crippen LogP contribution in [0.15, 0.2) is 12.7 Å². The van der Waals surface area contributed by atoms with Crippen LogP contribution in [0, 0.1) is 0 Å². The molecule has 32 heavy (non-hydrogen) atoms. The van der Waals surface area contributed by atoms with Gasteiger partial charge in [-0.1, -0.05) is 25.7 Å². The van der Waals surface area contributed by atoms with Crippen LogP contribution in [0.5, 0.6) is 0 Å². The lowest BCUT2D eigenvalue weighted by Gasteiger charge is -2.33. The van der Waals surface area contributed by atoms with Crippen LogP contribution in [0.3, 0.4) is 0 Å². The second-order valence-corrected chi connectivity index (χ2v) is 9.45. The molecule has 1 spiro atoms. The number of carboxylic acid groups (broad SMARTS) is 1. The predicted molar refractivity (Wildman–Crippen MR) is 113 cm³/mol. The van der Waals surface area contributed by atoms with E-state index in [1.54, 1.807) is 10.9 Å². The van der Waals surface area contributed by atoms with Crippen molar-refractivity contribution in [1.82, 2.24) is 19.5 Å². The highest BCUT2D eigenvalue weighted by atomic mass is 16.8. The van der Waals surface area contributed by atoms with Crippen molar-refractivity contribution < 1.29 is 24.1 Å². The van der Waals surface area contributed by atoms with Gasteiger partial charge in [-0.15, -0.1) is 0 Å². The molecular weight excluding hydrogens is 414 g/mol. The molecule has 0 aromatic carbocycles. The third-order valence-electron chi connectivity index (χ3n) is 7.33. The quantitative estimate of drug-likeness (QED) is 0.734. The van der Waals surface area contributed by atoms with Gasteiger partial charge in [0.25, 0.3) is 0 Å². The van der Waals surface area contributed by atoms with Crippen molar-refractivity contribution in [2.45, 2.75) is 101 Å². The zero-order chi connectivity index (χ0) is 21.7. The Morgan fingerprint density at radius 1 is 1.03 bits per heavy atom. The van der Waals surface area contributed by atoms with Gasteiger partial charge < -0.3 is 24.6 Å². The fourth-order valence-electron chi connectivity index (χ4n) is 5.75. The summed E-state index contributed by atoms with van der Waals surface area (Å²) in [4.78, 5) is 25.4. The molecule has 10 heteroatoms. The number of aromatic nitrogens is 4. The van der Waals surface area contributed by atoms with Gasteiger partial charge in [-0.2, -0.15) is 0 Å². The van der Waals surface area contributed by atoms with Crippen molar-refractivity contribution in [3.05, 3.63) is 12.7 Å². The Hall–Kier alpha value is -2.30. The van der Waals surface area contributed by atoms with E-state index >= 15 is 0 Å². The Kier molecular flexibility index (Phi) is 5.03. The van der Waals surface area contributed by atoms with Crippen LogP contribution in [0.1, 0.15) is 70.4 Å². The van der Waals surface area contributed by atoms with Crippen LogP contribution in [-0.2, 0) is 19.0 Å². The lowest BCUT2D eigenvalue weighted by Crippen LogP contribution is -2.38. The standard InChI is InChI=1S/C22H29N5O5/c28-21(29)17-15-16(32-22(31-15)9-5-2-6-10-22)20(30-17)27-12-25-14-18(23-11-24-19(14)27)26-13-7-3-1-4-8-13/h11-13,15-17,20H,1-10H2,(H,28,29)(H,23,24,26)/t15?,16-,17-,20+/m0/s1. The summed E-state index contributed by atoms with van der Waals surface area (Å²) in [6.07, 6.45) is 10.9. The fraction of sp³-hybridized carbons (Fsp3) is 0.727. The molecule has 6 rings (SSSR count). The molecule has 4 aliphatic rings. The lowest BCUT2D eigenvalue weighted by atomic mass is 9.94. The van der Waals surface area contributed by atoms with Crippen LogP contribution in [0.4, 0.5) is 5.82 Å². The average molecular weight is 444 g/mol. The molecule has 2 aliphatic carbocycles. The molecular formula is C22H29N5O5. The molecule has 0 amide bonds. The minimum Gasteiger partial charge on any atom is -0.479 e. The van der Waals surface area contributed by atoms with Crippen molar-refractivity contribution in [3.63, 3.8) is 0 Å². The first-order valence-electron chi connectivity index (χ1n) is 11.8. The molecule has 0 radical (unpaired) electrons. The number of nitrogens with zero attached hydrogens (tertiary/aromatic N) is 4. The molecule has 2 saturated heterocycles. The van der Waals surface area contributed by atoms with Crippen LogP contribution < -0.4 is 5.32 Å². The highest BCUT2D eigenvalue weighted by Crippen LogP contribution is 2.49. The number of hydrogen-bond donors (Lipinski definition) is 2. The number of aliphatic carboxylic acids is 1. The summed E-state index contributed by atoms with van der Waals surface area (Å²) in [6, 6.07) is 0.383. The summed E-state index contributed by atoms with van der Waals surface area (Å²) in [7, 11) is 0. The molecule has 4 atom stereocenters. The molecule has 172 valence electrons. The Labute approximate surface area is 185 Å². The Balaban J connectivity index is 1.32. The van der Waals surface area contributed by atoms with E-state index in [0.717, 1.165) is 44.9 Å². The number of hydrogen-bond acceptors (Lipinski definition) is 8. The van der Waals surface area contributed by atoms with Gasteiger partial charge in [0.05, 0.1) is 6.33 Å².